The predicted molar refractivity (Wildman–Crippen MR) is 83.9 cm³/mol. The Labute approximate surface area is 126 Å². The zero-order chi connectivity index (χ0) is 14.7. The summed E-state index contributed by atoms with van der Waals surface area (Å²) in [6.45, 7) is 8.63. The predicted octanol–water partition coefficient (Wildman–Crippen LogP) is 1.12. The lowest BCUT2D eigenvalue weighted by Crippen LogP contribution is -2.45. The topological polar surface area (TPSA) is 53.5 Å². The number of hydrogen-bond donors (Lipinski definition) is 1. The highest BCUT2D eigenvalue weighted by Gasteiger charge is 2.22. The quantitative estimate of drug-likeness (QED) is 0.897. The molecule has 2 aliphatic rings. The zero-order valence-corrected chi connectivity index (χ0v) is 13.1. The van der Waals surface area contributed by atoms with Crippen LogP contribution in [0.5, 0.6) is 0 Å². The van der Waals surface area contributed by atoms with Crippen LogP contribution in [0, 0.1) is 0 Å². The van der Waals surface area contributed by atoms with Gasteiger partial charge >= 0.3 is 0 Å². The van der Waals surface area contributed by atoms with Gasteiger partial charge in [0, 0.05) is 44.7 Å². The van der Waals surface area contributed by atoms with E-state index in [1.807, 2.05) is 0 Å². The van der Waals surface area contributed by atoms with Crippen LogP contribution >= 0.6 is 0 Å². The molecule has 0 amide bonds. The Morgan fingerprint density at radius 1 is 1.19 bits per heavy atom. The first-order valence-corrected chi connectivity index (χ1v) is 7.93. The molecule has 6 heteroatoms. The smallest absolute Gasteiger partial charge is 0.227 e. The largest absolute Gasteiger partial charge is 0.376 e. The molecule has 116 valence electrons. The van der Waals surface area contributed by atoms with Crippen LogP contribution in [-0.4, -0.2) is 61.2 Å². The van der Waals surface area contributed by atoms with Crippen molar-refractivity contribution in [2.45, 2.75) is 26.4 Å². The van der Waals surface area contributed by atoms with Crippen molar-refractivity contribution in [2.24, 2.45) is 0 Å². The first-order valence-electron chi connectivity index (χ1n) is 7.93. The molecular weight excluding hydrogens is 266 g/mol. The molecule has 1 fully saturated rings. The van der Waals surface area contributed by atoms with Crippen LogP contribution in [0.3, 0.4) is 0 Å². The van der Waals surface area contributed by atoms with Crippen LogP contribution in [0.4, 0.5) is 11.8 Å². The number of nitrogens with one attached hydrogen (secondary N) is 1. The summed E-state index contributed by atoms with van der Waals surface area (Å²) >= 11 is 0. The fourth-order valence-electron chi connectivity index (χ4n) is 2.76. The van der Waals surface area contributed by atoms with E-state index >= 15 is 0 Å². The van der Waals surface area contributed by atoms with Crippen molar-refractivity contribution >= 4 is 11.8 Å². The van der Waals surface area contributed by atoms with E-state index in [0.29, 0.717) is 6.61 Å². The molecule has 1 saturated heterocycles. The van der Waals surface area contributed by atoms with Crippen LogP contribution < -0.4 is 10.2 Å². The monoisotopic (exact) mass is 291 g/mol. The van der Waals surface area contributed by atoms with Gasteiger partial charge in [0.05, 0.1) is 18.9 Å². The molecule has 0 aromatic carbocycles. The molecule has 0 unspecified atom stereocenters. The SMILES string of the molecule is CCCNc1nc(N2CCN(C)CC2)nc2c1COCC2. The Bertz CT molecular complexity index is 485. The summed E-state index contributed by atoms with van der Waals surface area (Å²) in [5.41, 5.74) is 2.30. The van der Waals surface area contributed by atoms with Gasteiger partial charge < -0.3 is 19.9 Å². The number of aromatic nitrogens is 2. The van der Waals surface area contributed by atoms with E-state index in [1.165, 1.54) is 0 Å². The first-order chi connectivity index (χ1) is 10.3. The molecular formula is C15H25N5O. The maximum atomic E-state index is 5.58. The van der Waals surface area contributed by atoms with E-state index in [-0.39, 0.29) is 0 Å². The molecule has 0 bridgehead atoms. The van der Waals surface area contributed by atoms with Crippen LogP contribution in [-0.2, 0) is 17.8 Å². The molecule has 0 saturated carbocycles. The summed E-state index contributed by atoms with van der Waals surface area (Å²) < 4.78 is 5.58. The van der Waals surface area contributed by atoms with Crippen molar-refractivity contribution in [2.75, 3.05) is 56.6 Å². The summed E-state index contributed by atoms with van der Waals surface area (Å²) in [5.74, 6) is 1.85. The van der Waals surface area contributed by atoms with Gasteiger partial charge in [-0.05, 0) is 13.5 Å². The number of hydrogen-bond acceptors (Lipinski definition) is 6. The molecule has 6 nitrogen and oxygen atoms in total. The average molecular weight is 291 g/mol. The van der Waals surface area contributed by atoms with Gasteiger partial charge in [-0.15, -0.1) is 0 Å². The normalized spacial score (nSPS) is 19.4. The van der Waals surface area contributed by atoms with Crippen molar-refractivity contribution < 1.29 is 4.74 Å². The minimum atomic E-state index is 0.629. The minimum absolute atomic E-state index is 0.629. The summed E-state index contributed by atoms with van der Waals surface area (Å²) in [7, 11) is 2.16. The standard InChI is InChI=1S/C15H25N5O/c1-3-5-16-14-12-11-21-10-4-13(12)17-15(18-14)20-8-6-19(2)7-9-20/h3-11H2,1-2H3,(H,16,17,18). The lowest BCUT2D eigenvalue weighted by Gasteiger charge is -2.33. The van der Waals surface area contributed by atoms with E-state index in [9.17, 15) is 0 Å². The molecule has 1 aromatic heterocycles. The van der Waals surface area contributed by atoms with Gasteiger partial charge in [-0.1, -0.05) is 6.92 Å². The second-order valence-corrected chi connectivity index (χ2v) is 5.82. The Balaban J connectivity index is 1.86. The van der Waals surface area contributed by atoms with E-state index in [2.05, 4.69) is 29.1 Å². The maximum Gasteiger partial charge on any atom is 0.227 e. The van der Waals surface area contributed by atoms with Gasteiger partial charge in [0.25, 0.3) is 0 Å². The second-order valence-electron chi connectivity index (χ2n) is 5.82. The Kier molecular flexibility index (Phi) is 4.55. The van der Waals surface area contributed by atoms with Crippen molar-refractivity contribution in [3.8, 4) is 0 Å². The molecule has 0 aliphatic carbocycles. The molecule has 0 atom stereocenters. The van der Waals surface area contributed by atoms with Gasteiger partial charge in [-0.25, -0.2) is 4.98 Å². The Hall–Kier alpha value is -1.40. The van der Waals surface area contributed by atoms with Gasteiger partial charge in [-0.3, -0.25) is 0 Å². The van der Waals surface area contributed by atoms with E-state index in [4.69, 9.17) is 14.7 Å². The van der Waals surface area contributed by atoms with Crippen molar-refractivity contribution in [3.63, 3.8) is 0 Å². The third-order valence-electron chi connectivity index (χ3n) is 4.14. The van der Waals surface area contributed by atoms with Gasteiger partial charge in [0.15, 0.2) is 0 Å². The van der Waals surface area contributed by atoms with E-state index in [0.717, 1.165) is 75.2 Å². The van der Waals surface area contributed by atoms with Crippen molar-refractivity contribution in [1.82, 2.24) is 14.9 Å². The number of nitrogens with zero attached hydrogens (tertiary/aromatic N) is 4. The van der Waals surface area contributed by atoms with Crippen LogP contribution in [0.15, 0.2) is 0 Å². The van der Waals surface area contributed by atoms with Gasteiger partial charge in [0.2, 0.25) is 5.95 Å². The molecule has 3 heterocycles. The molecule has 0 radical (unpaired) electrons. The third kappa shape index (κ3) is 3.27. The summed E-state index contributed by atoms with van der Waals surface area (Å²) in [5, 5.41) is 3.44. The third-order valence-corrected chi connectivity index (χ3v) is 4.14. The highest BCUT2D eigenvalue weighted by Crippen LogP contribution is 2.25. The summed E-state index contributed by atoms with van der Waals surface area (Å²) in [6.07, 6.45) is 1.98. The number of anilines is 2. The second kappa shape index (κ2) is 6.58. The fourth-order valence-corrected chi connectivity index (χ4v) is 2.76. The maximum absolute atomic E-state index is 5.58. The van der Waals surface area contributed by atoms with E-state index < -0.39 is 0 Å². The fraction of sp³-hybridized carbons (Fsp3) is 0.733. The Morgan fingerprint density at radius 3 is 2.76 bits per heavy atom. The van der Waals surface area contributed by atoms with E-state index in [1.54, 1.807) is 0 Å². The van der Waals surface area contributed by atoms with Crippen molar-refractivity contribution in [3.05, 3.63) is 11.3 Å². The molecule has 1 N–H and O–H groups in total. The zero-order valence-electron chi connectivity index (χ0n) is 13.1. The minimum Gasteiger partial charge on any atom is -0.376 e. The Morgan fingerprint density at radius 2 is 2.00 bits per heavy atom. The number of fused-ring (bicyclic) bond motifs is 1. The molecule has 1 aromatic rings. The van der Waals surface area contributed by atoms with Gasteiger partial charge in [-0.2, -0.15) is 4.98 Å². The number of ether oxygens (including phenoxy) is 1. The van der Waals surface area contributed by atoms with Crippen molar-refractivity contribution in [1.29, 1.82) is 0 Å². The molecule has 3 rings (SSSR count). The van der Waals surface area contributed by atoms with Crippen LogP contribution in [0.1, 0.15) is 24.6 Å². The van der Waals surface area contributed by atoms with Crippen LogP contribution in [0.2, 0.25) is 0 Å². The highest BCUT2D eigenvalue weighted by molar-refractivity contribution is 5.52. The average Bonchev–Trinajstić information content (AvgIpc) is 2.53. The summed E-state index contributed by atoms with van der Waals surface area (Å²) in [6, 6.07) is 0. The lowest BCUT2D eigenvalue weighted by molar-refractivity contribution is 0.109. The number of likely N-dealkylation sites (N-methyl/N-ethyl adjacent to an activating group) is 1. The highest BCUT2D eigenvalue weighted by atomic mass is 16.5. The lowest BCUT2D eigenvalue weighted by atomic mass is 10.1. The number of piperazine rings is 1. The first kappa shape index (κ1) is 14.5. The van der Waals surface area contributed by atoms with Gasteiger partial charge in [0.1, 0.15) is 5.82 Å². The molecule has 0 spiro atoms. The van der Waals surface area contributed by atoms with Crippen LogP contribution in [0.25, 0.3) is 0 Å². The molecule has 2 aliphatic heterocycles. The number of rotatable bonds is 4. The molecule has 21 heavy (non-hydrogen) atoms. The summed E-state index contributed by atoms with van der Waals surface area (Å²) in [4.78, 5) is 14.2.